The van der Waals surface area contributed by atoms with Gasteiger partial charge in [-0.15, -0.1) is 0 Å². The van der Waals surface area contributed by atoms with E-state index in [1.54, 1.807) is 6.07 Å². The first-order chi connectivity index (χ1) is 5.84. The van der Waals surface area contributed by atoms with Crippen LogP contribution in [0.25, 0.3) is 6.08 Å². The molecule has 12 heavy (non-hydrogen) atoms. The average Bonchev–Trinajstić information content (AvgIpc) is 2.09. The van der Waals surface area contributed by atoms with Crippen molar-refractivity contribution in [3.63, 3.8) is 0 Å². The third-order valence-electron chi connectivity index (χ3n) is 1.51. The molecule has 1 N–H and O–H groups in total. The molecule has 0 fully saturated rings. The second kappa shape index (κ2) is 4.99. The lowest BCUT2D eigenvalue weighted by molar-refractivity contribution is 0.474. The maximum Gasteiger partial charge on any atom is 0.122 e. The summed E-state index contributed by atoms with van der Waals surface area (Å²) in [5.74, 6) is 0.336. The van der Waals surface area contributed by atoms with Gasteiger partial charge in [0.25, 0.3) is 0 Å². The number of hydrogen-bond acceptors (Lipinski definition) is 1. The van der Waals surface area contributed by atoms with Gasteiger partial charge in [0.2, 0.25) is 0 Å². The molecule has 0 bridgehead atoms. The van der Waals surface area contributed by atoms with Crippen molar-refractivity contribution in [2.75, 3.05) is 5.33 Å². The second-order valence-electron chi connectivity index (χ2n) is 2.44. The number of alkyl halides is 1. The molecule has 0 unspecified atom stereocenters. The third kappa shape index (κ3) is 2.70. The number of para-hydroxylation sites is 1. The predicted molar refractivity (Wildman–Crippen MR) is 55.6 cm³/mol. The van der Waals surface area contributed by atoms with Gasteiger partial charge in [0.1, 0.15) is 5.75 Å². The van der Waals surface area contributed by atoms with E-state index in [-0.39, 0.29) is 0 Å². The first-order valence-corrected chi connectivity index (χ1v) is 4.97. The third-order valence-corrected chi connectivity index (χ3v) is 1.97. The monoisotopic (exact) mass is 226 g/mol. The van der Waals surface area contributed by atoms with Crippen molar-refractivity contribution in [2.45, 2.75) is 6.42 Å². The molecule has 1 aromatic rings. The highest BCUT2D eigenvalue weighted by molar-refractivity contribution is 9.09. The summed E-state index contributed by atoms with van der Waals surface area (Å²) >= 11 is 3.33. The lowest BCUT2D eigenvalue weighted by atomic mass is 10.2. The van der Waals surface area contributed by atoms with Crippen molar-refractivity contribution in [1.82, 2.24) is 0 Å². The van der Waals surface area contributed by atoms with Crippen LogP contribution in [0.2, 0.25) is 0 Å². The molecular weight excluding hydrogens is 216 g/mol. The standard InChI is InChI=1S/C10H11BrO/c11-8-4-3-6-9-5-1-2-7-10(9)12/h1-3,5-7,12H,4,8H2. The summed E-state index contributed by atoms with van der Waals surface area (Å²) in [6.07, 6.45) is 4.94. The number of allylic oxidation sites excluding steroid dienone is 1. The number of rotatable bonds is 3. The Hall–Kier alpha value is -0.760. The van der Waals surface area contributed by atoms with Crippen LogP contribution in [0.5, 0.6) is 5.75 Å². The molecule has 0 aliphatic rings. The molecule has 0 aliphatic carbocycles. The molecule has 1 aromatic carbocycles. The van der Waals surface area contributed by atoms with Gasteiger partial charge in [-0.2, -0.15) is 0 Å². The summed E-state index contributed by atoms with van der Waals surface area (Å²) in [6, 6.07) is 7.30. The summed E-state index contributed by atoms with van der Waals surface area (Å²) in [4.78, 5) is 0. The fraction of sp³-hybridized carbons (Fsp3) is 0.200. The van der Waals surface area contributed by atoms with E-state index in [0.29, 0.717) is 5.75 Å². The molecule has 0 aliphatic heterocycles. The van der Waals surface area contributed by atoms with Gasteiger partial charge in [0.15, 0.2) is 0 Å². The molecular formula is C10H11BrO. The Balaban J connectivity index is 2.68. The molecule has 64 valence electrons. The van der Waals surface area contributed by atoms with E-state index in [1.807, 2.05) is 30.4 Å². The Morgan fingerprint density at radius 1 is 1.33 bits per heavy atom. The first-order valence-electron chi connectivity index (χ1n) is 3.85. The maximum atomic E-state index is 9.35. The van der Waals surface area contributed by atoms with Crippen LogP contribution in [-0.2, 0) is 0 Å². The van der Waals surface area contributed by atoms with Crippen molar-refractivity contribution in [1.29, 1.82) is 0 Å². The van der Waals surface area contributed by atoms with Gasteiger partial charge in [0, 0.05) is 10.9 Å². The van der Waals surface area contributed by atoms with Crippen LogP contribution in [0.3, 0.4) is 0 Å². The van der Waals surface area contributed by atoms with E-state index in [0.717, 1.165) is 17.3 Å². The van der Waals surface area contributed by atoms with Crippen LogP contribution in [-0.4, -0.2) is 10.4 Å². The molecule has 1 nitrogen and oxygen atoms in total. The Kier molecular flexibility index (Phi) is 3.88. The van der Waals surface area contributed by atoms with Gasteiger partial charge in [0.05, 0.1) is 0 Å². The van der Waals surface area contributed by atoms with Crippen molar-refractivity contribution in [2.24, 2.45) is 0 Å². The normalized spacial score (nSPS) is 10.8. The minimum atomic E-state index is 0.336. The quantitative estimate of drug-likeness (QED) is 0.786. The van der Waals surface area contributed by atoms with Gasteiger partial charge in [-0.05, 0) is 12.5 Å². The van der Waals surface area contributed by atoms with E-state index in [4.69, 9.17) is 0 Å². The highest BCUT2D eigenvalue weighted by Gasteiger charge is 1.91. The van der Waals surface area contributed by atoms with Crippen LogP contribution >= 0.6 is 15.9 Å². The van der Waals surface area contributed by atoms with Crippen LogP contribution in [0.1, 0.15) is 12.0 Å². The van der Waals surface area contributed by atoms with Gasteiger partial charge < -0.3 is 5.11 Å². The minimum Gasteiger partial charge on any atom is -0.507 e. The van der Waals surface area contributed by atoms with Crippen molar-refractivity contribution < 1.29 is 5.11 Å². The molecule has 2 heteroatoms. The second-order valence-corrected chi connectivity index (χ2v) is 3.23. The zero-order valence-corrected chi connectivity index (χ0v) is 8.29. The smallest absolute Gasteiger partial charge is 0.122 e. The summed E-state index contributed by atoms with van der Waals surface area (Å²) in [5.41, 5.74) is 0.874. The molecule has 0 spiro atoms. The van der Waals surface area contributed by atoms with Crippen molar-refractivity contribution in [3.8, 4) is 5.75 Å². The number of phenols is 1. The van der Waals surface area contributed by atoms with Gasteiger partial charge in [-0.25, -0.2) is 0 Å². The summed E-state index contributed by atoms with van der Waals surface area (Å²) in [6.45, 7) is 0. The molecule has 0 saturated carbocycles. The van der Waals surface area contributed by atoms with E-state index < -0.39 is 0 Å². The molecule has 0 aromatic heterocycles. The first kappa shape index (κ1) is 9.33. The molecule has 0 heterocycles. The summed E-state index contributed by atoms with van der Waals surface area (Å²) < 4.78 is 0. The van der Waals surface area contributed by atoms with Gasteiger partial charge in [-0.1, -0.05) is 46.3 Å². The average molecular weight is 227 g/mol. The Morgan fingerprint density at radius 2 is 2.08 bits per heavy atom. The Morgan fingerprint density at radius 3 is 2.75 bits per heavy atom. The van der Waals surface area contributed by atoms with Crippen LogP contribution in [0.15, 0.2) is 30.3 Å². The van der Waals surface area contributed by atoms with E-state index in [1.165, 1.54) is 0 Å². The number of benzene rings is 1. The fourth-order valence-electron chi connectivity index (χ4n) is 0.902. The number of hydrogen-bond donors (Lipinski definition) is 1. The Bertz CT molecular complexity index is 268. The molecule has 0 saturated heterocycles. The maximum absolute atomic E-state index is 9.35. The highest BCUT2D eigenvalue weighted by Crippen LogP contribution is 2.17. The number of aromatic hydroxyl groups is 1. The summed E-state index contributed by atoms with van der Waals surface area (Å²) in [7, 11) is 0. The van der Waals surface area contributed by atoms with Crippen LogP contribution < -0.4 is 0 Å². The van der Waals surface area contributed by atoms with E-state index in [9.17, 15) is 5.11 Å². The molecule has 0 radical (unpaired) electrons. The fourth-order valence-corrected chi connectivity index (χ4v) is 1.17. The number of phenolic OH excluding ortho intramolecular Hbond substituents is 1. The van der Waals surface area contributed by atoms with Crippen molar-refractivity contribution in [3.05, 3.63) is 35.9 Å². The van der Waals surface area contributed by atoms with E-state index >= 15 is 0 Å². The minimum absolute atomic E-state index is 0.336. The molecule has 0 amide bonds. The zero-order chi connectivity index (χ0) is 8.81. The van der Waals surface area contributed by atoms with Crippen LogP contribution in [0, 0.1) is 0 Å². The van der Waals surface area contributed by atoms with Crippen molar-refractivity contribution >= 4 is 22.0 Å². The molecule has 1 rings (SSSR count). The largest absolute Gasteiger partial charge is 0.507 e. The Labute approximate surface area is 80.9 Å². The lowest BCUT2D eigenvalue weighted by Crippen LogP contribution is -1.73. The molecule has 0 atom stereocenters. The number of halogens is 1. The lowest BCUT2D eigenvalue weighted by Gasteiger charge is -1.95. The van der Waals surface area contributed by atoms with Crippen LogP contribution in [0.4, 0.5) is 0 Å². The van der Waals surface area contributed by atoms with Gasteiger partial charge >= 0.3 is 0 Å². The zero-order valence-electron chi connectivity index (χ0n) is 6.70. The van der Waals surface area contributed by atoms with E-state index in [2.05, 4.69) is 15.9 Å². The van der Waals surface area contributed by atoms with Gasteiger partial charge in [-0.3, -0.25) is 0 Å². The highest BCUT2D eigenvalue weighted by atomic mass is 79.9. The SMILES string of the molecule is Oc1ccccc1C=CCCBr. The predicted octanol–water partition coefficient (Wildman–Crippen LogP) is 3.19. The summed E-state index contributed by atoms with van der Waals surface area (Å²) in [5, 5.41) is 10.3. The topological polar surface area (TPSA) is 20.2 Å².